The summed E-state index contributed by atoms with van der Waals surface area (Å²) in [5, 5.41) is 5.09. The van der Waals surface area contributed by atoms with Crippen molar-refractivity contribution in [2.45, 2.75) is 37.5 Å². The van der Waals surface area contributed by atoms with Crippen LogP contribution in [0.5, 0.6) is 0 Å². The Balaban J connectivity index is 1.22. The van der Waals surface area contributed by atoms with Crippen molar-refractivity contribution < 1.29 is 0 Å². The lowest BCUT2D eigenvalue weighted by atomic mass is 9.43. The first-order chi connectivity index (χ1) is 24.3. The second-order valence-electron chi connectivity index (χ2n) is 15.3. The molecule has 236 valence electrons. The van der Waals surface area contributed by atoms with Gasteiger partial charge in [-0.2, -0.15) is 0 Å². The van der Waals surface area contributed by atoms with Gasteiger partial charge in [-0.25, -0.2) is 0 Å². The molecular formula is C48H39N. The molecule has 5 aliphatic rings. The molecular weight excluding hydrogens is 591 g/mol. The number of benzene rings is 7. The number of rotatable bonds is 4. The summed E-state index contributed by atoms with van der Waals surface area (Å²) in [4.78, 5) is 2.62. The molecule has 0 unspecified atom stereocenters. The molecule has 0 aliphatic heterocycles. The van der Waals surface area contributed by atoms with Gasteiger partial charge < -0.3 is 4.90 Å². The van der Waals surface area contributed by atoms with Gasteiger partial charge in [0.15, 0.2) is 0 Å². The molecule has 7 aromatic rings. The highest BCUT2D eigenvalue weighted by atomic mass is 15.1. The highest BCUT2D eigenvalue weighted by molar-refractivity contribution is 6.10. The Morgan fingerprint density at radius 3 is 1.82 bits per heavy atom. The molecule has 0 N–H and O–H groups in total. The van der Waals surface area contributed by atoms with Crippen LogP contribution in [0.1, 0.15) is 43.2 Å². The minimum absolute atomic E-state index is 0.124. The second kappa shape index (κ2) is 10.4. The van der Waals surface area contributed by atoms with Crippen molar-refractivity contribution in [1.29, 1.82) is 0 Å². The molecule has 49 heavy (non-hydrogen) atoms. The number of anilines is 3. The predicted molar refractivity (Wildman–Crippen MR) is 205 cm³/mol. The van der Waals surface area contributed by atoms with E-state index in [0.717, 1.165) is 23.7 Å². The number of hydrogen-bond acceptors (Lipinski definition) is 1. The van der Waals surface area contributed by atoms with Gasteiger partial charge in [-0.3, -0.25) is 0 Å². The van der Waals surface area contributed by atoms with Crippen molar-refractivity contribution >= 4 is 38.6 Å². The van der Waals surface area contributed by atoms with E-state index < -0.39 is 0 Å². The van der Waals surface area contributed by atoms with Gasteiger partial charge in [0.1, 0.15) is 0 Å². The van der Waals surface area contributed by atoms with Gasteiger partial charge in [0.25, 0.3) is 0 Å². The van der Waals surface area contributed by atoms with E-state index in [4.69, 9.17) is 0 Å². The zero-order chi connectivity index (χ0) is 32.1. The zero-order valence-electron chi connectivity index (χ0n) is 27.7. The Morgan fingerprint density at radius 1 is 0.408 bits per heavy atom. The van der Waals surface area contributed by atoms with E-state index in [9.17, 15) is 0 Å². The van der Waals surface area contributed by atoms with E-state index in [0.29, 0.717) is 0 Å². The van der Waals surface area contributed by atoms with Crippen molar-refractivity contribution in [2.24, 2.45) is 23.7 Å². The molecule has 0 heterocycles. The Kier molecular flexibility index (Phi) is 5.91. The van der Waals surface area contributed by atoms with Crippen molar-refractivity contribution in [1.82, 2.24) is 0 Å². The van der Waals surface area contributed by atoms with Crippen LogP contribution in [0.3, 0.4) is 0 Å². The van der Waals surface area contributed by atoms with Gasteiger partial charge in [0.2, 0.25) is 0 Å². The minimum atomic E-state index is 0.124. The smallest absolute Gasteiger partial charge is 0.0543 e. The molecule has 12 rings (SSSR count). The predicted octanol–water partition coefficient (Wildman–Crippen LogP) is 12.9. The summed E-state index contributed by atoms with van der Waals surface area (Å²) in [7, 11) is 0. The molecule has 4 fully saturated rings. The topological polar surface area (TPSA) is 3.24 Å². The third-order valence-electron chi connectivity index (χ3n) is 13.0. The van der Waals surface area contributed by atoms with Crippen molar-refractivity contribution in [3.63, 3.8) is 0 Å². The maximum atomic E-state index is 2.62. The third-order valence-corrected chi connectivity index (χ3v) is 13.0. The van der Waals surface area contributed by atoms with E-state index in [1.54, 1.807) is 11.1 Å². The summed E-state index contributed by atoms with van der Waals surface area (Å²) < 4.78 is 0. The Morgan fingerprint density at radius 2 is 1.00 bits per heavy atom. The van der Waals surface area contributed by atoms with Crippen LogP contribution in [0.15, 0.2) is 152 Å². The summed E-state index contributed by atoms with van der Waals surface area (Å²) in [6, 6.07) is 57.2. The molecule has 1 heteroatoms. The van der Waals surface area contributed by atoms with Gasteiger partial charge >= 0.3 is 0 Å². The molecule has 0 radical (unpaired) electrons. The molecule has 1 nitrogen and oxygen atoms in total. The molecule has 0 atom stereocenters. The molecule has 7 aromatic carbocycles. The van der Waals surface area contributed by atoms with Crippen LogP contribution in [0.25, 0.3) is 43.8 Å². The molecule has 4 bridgehead atoms. The Bertz CT molecular complexity index is 2390. The summed E-state index contributed by atoms with van der Waals surface area (Å²) >= 11 is 0. The average Bonchev–Trinajstić information content (AvgIpc) is 3.45. The molecule has 4 saturated carbocycles. The summed E-state index contributed by atoms with van der Waals surface area (Å²) in [6.45, 7) is 0. The minimum Gasteiger partial charge on any atom is -0.309 e. The quantitative estimate of drug-likeness (QED) is 0.187. The molecule has 0 aromatic heterocycles. The van der Waals surface area contributed by atoms with Gasteiger partial charge in [-0.05, 0) is 113 Å². The standard InChI is InChI=1S/C48H39N/c1-2-12-33(13-3-1)37-24-25-45(40-18-7-6-17-39(37)40)49(44-22-10-15-34-14-4-5-16-38(34)44)46-23-11-21-43-47(46)41-19-8-9-20-42(41)48(43)35-27-31-26-32(29-35)30-36(48)28-31/h1-25,31-32,35-36H,26-30H2. The van der Waals surface area contributed by atoms with Crippen LogP contribution in [-0.2, 0) is 5.41 Å². The van der Waals surface area contributed by atoms with Crippen molar-refractivity contribution in [3.8, 4) is 22.3 Å². The summed E-state index contributed by atoms with van der Waals surface area (Å²) in [5.74, 6) is 3.32. The fourth-order valence-corrected chi connectivity index (χ4v) is 11.5. The molecule has 5 aliphatic carbocycles. The SMILES string of the molecule is c1ccc(-c2ccc(N(c3cccc4c3-c3ccccc3C43C4CC5CC(C4)CC3C5)c3cccc4ccccc34)c3ccccc23)cc1. The van der Waals surface area contributed by atoms with Gasteiger partial charge in [-0.15, -0.1) is 0 Å². The lowest BCUT2D eigenvalue weighted by Gasteiger charge is -2.61. The Hall–Kier alpha value is -5.14. The molecule has 0 saturated heterocycles. The second-order valence-corrected chi connectivity index (χ2v) is 15.3. The lowest BCUT2D eigenvalue weighted by Crippen LogP contribution is -2.55. The van der Waals surface area contributed by atoms with Crippen LogP contribution in [0.2, 0.25) is 0 Å². The Labute approximate surface area is 288 Å². The van der Waals surface area contributed by atoms with E-state index in [-0.39, 0.29) is 5.41 Å². The maximum absolute atomic E-state index is 2.62. The lowest BCUT2D eigenvalue weighted by molar-refractivity contribution is -0.0399. The van der Waals surface area contributed by atoms with Gasteiger partial charge in [-0.1, -0.05) is 133 Å². The normalized spacial score (nSPS) is 24.4. The highest BCUT2D eigenvalue weighted by Crippen LogP contribution is 2.70. The number of nitrogens with zero attached hydrogens (tertiary/aromatic N) is 1. The van der Waals surface area contributed by atoms with Crippen LogP contribution in [0.4, 0.5) is 17.1 Å². The van der Waals surface area contributed by atoms with E-state index in [1.807, 2.05) is 0 Å². The fraction of sp³-hybridized carbons (Fsp3) is 0.208. The van der Waals surface area contributed by atoms with E-state index in [2.05, 4.69) is 157 Å². The number of fused-ring (bicyclic) bond motifs is 5. The van der Waals surface area contributed by atoms with E-state index >= 15 is 0 Å². The first-order valence-corrected chi connectivity index (χ1v) is 18.4. The molecule has 1 spiro atoms. The van der Waals surface area contributed by atoms with Gasteiger partial charge in [0, 0.05) is 21.8 Å². The van der Waals surface area contributed by atoms with Crippen molar-refractivity contribution in [2.75, 3.05) is 4.90 Å². The van der Waals surface area contributed by atoms with Crippen LogP contribution >= 0.6 is 0 Å². The van der Waals surface area contributed by atoms with Crippen LogP contribution < -0.4 is 4.90 Å². The van der Waals surface area contributed by atoms with Crippen molar-refractivity contribution in [3.05, 3.63) is 163 Å². The molecule has 0 amide bonds. The zero-order valence-corrected chi connectivity index (χ0v) is 27.7. The monoisotopic (exact) mass is 629 g/mol. The summed E-state index contributed by atoms with van der Waals surface area (Å²) in [5.41, 5.74) is 12.5. The first kappa shape index (κ1) is 27.8. The third kappa shape index (κ3) is 3.82. The van der Waals surface area contributed by atoms with Crippen LogP contribution in [-0.4, -0.2) is 0 Å². The first-order valence-electron chi connectivity index (χ1n) is 18.4. The fourth-order valence-electron chi connectivity index (χ4n) is 11.5. The average molecular weight is 630 g/mol. The van der Waals surface area contributed by atoms with E-state index in [1.165, 1.54) is 93.0 Å². The summed E-state index contributed by atoms with van der Waals surface area (Å²) in [6.07, 6.45) is 7.04. The maximum Gasteiger partial charge on any atom is 0.0543 e. The van der Waals surface area contributed by atoms with Crippen LogP contribution in [0, 0.1) is 23.7 Å². The number of hydrogen-bond donors (Lipinski definition) is 0. The van der Waals surface area contributed by atoms with Gasteiger partial charge in [0.05, 0.1) is 17.1 Å². The highest BCUT2D eigenvalue weighted by Gasteiger charge is 2.61. The largest absolute Gasteiger partial charge is 0.309 e.